The van der Waals surface area contributed by atoms with Gasteiger partial charge < -0.3 is 9.84 Å². The van der Waals surface area contributed by atoms with Gasteiger partial charge in [0.15, 0.2) is 0 Å². The molecular formula is C16H24N4O3. The van der Waals surface area contributed by atoms with Crippen molar-refractivity contribution in [2.45, 2.75) is 51.7 Å². The summed E-state index contributed by atoms with van der Waals surface area (Å²) >= 11 is 0. The number of urea groups is 1. The minimum absolute atomic E-state index is 0.100. The lowest BCUT2D eigenvalue weighted by atomic mass is 9.79. The number of imide groups is 1. The molecule has 7 heteroatoms. The predicted molar refractivity (Wildman–Crippen MR) is 83.4 cm³/mol. The number of likely N-dealkylation sites (tertiary alicyclic amines) is 1. The smallest absolute Gasteiger partial charge is 0.325 e. The summed E-state index contributed by atoms with van der Waals surface area (Å²) in [4.78, 5) is 28.6. The third-order valence-corrected chi connectivity index (χ3v) is 4.96. The summed E-state index contributed by atoms with van der Waals surface area (Å²) in [6.45, 7) is 8.03. The third-order valence-electron chi connectivity index (χ3n) is 4.96. The minimum atomic E-state index is -0.816. The van der Waals surface area contributed by atoms with Gasteiger partial charge >= 0.3 is 6.03 Å². The maximum Gasteiger partial charge on any atom is 0.325 e. The average molecular weight is 320 g/mol. The summed E-state index contributed by atoms with van der Waals surface area (Å²) in [5.74, 6) is -0.00543. The number of hydrogen-bond acceptors (Lipinski definition) is 5. The van der Waals surface area contributed by atoms with E-state index >= 15 is 0 Å². The van der Waals surface area contributed by atoms with Gasteiger partial charge in [0.2, 0.25) is 0 Å². The lowest BCUT2D eigenvalue weighted by molar-refractivity contribution is -0.134. The molecule has 3 amide bonds. The second kappa shape index (κ2) is 5.96. The molecular weight excluding hydrogens is 296 g/mol. The zero-order valence-corrected chi connectivity index (χ0v) is 13.9. The number of piperidine rings is 1. The first kappa shape index (κ1) is 16.0. The molecule has 23 heavy (non-hydrogen) atoms. The quantitative estimate of drug-likeness (QED) is 0.853. The SMILES string of the molecule is CC(C)N1C(=O)N[C@](C)([C@H]2CCCN(Cc3ccon3)C2)C1=O. The van der Waals surface area contributed by atoms with Crippen LogP contribution in [0.3, 0.4) is 0 Å². The Hall–Kier alpha value is -1.89. The molecule has 7 nitrogen and oxygen atoms in total. The van der Waals surface area contributed by atoms with Gasteiger partial charge in [0.1, 0.15) is 11.8 Å². The van der Waals surface area contributed by atoms with Crippen LogP contribution in [0, 0.1) is 5.92 Å². The molecule has 0 aromatic carbocycles. The van der Waals surface area contributed by atoms with E-state index in [0.29, 0.717) is 6.54 Å². The topological polar surface area (TPSA) is 78.7 Å². The lowest BCUT2D eigenvalue weighted by Crippen LogP contribution is -2.56. The molecule has 2 aliphatic rings. The molecule has 0 saturated carbocycles. The number of nitrogens with one attached hydrogen (secondary N) is 1. The van der Waals surface area contributed by atoms with Crippen LogP contribution in [0.2, 0.25) is 0 Å². The zero-order chi connectivity index (χ0) is 16.6. The van der Waals surface area contributed by atoms with Gasteiger partial charge in [-0.15, -0.1) is 0 Å². The van der Waals surface area contributed by atoms with Crippen molar-refractivity contribution in [1.29, 1.82) is 0 Å². The maximum atomic E-state index is 12.8. The van der Waals surface area contributed by atoms with E-state index in [1.165, 1.54) is 4.90 Å². The van der Waals surface area contributed by atoms with E-state index in [-0.39, 0.29) is 23.9 Å². The van der Waals surface area contributed by atoms with E-state index in [0.717, 1.165) is 31.6 Å². The number of amides is 3. The molecule has 3 heterocycles. The van der Waals surface area contributed by atoms with E-state index in [9.17, 15) is 9.59 Å². The van der Waals surface area contributed by atoms with Crippen molar-refractivity contribution in [3.8, 4) is 0 Å². The lowest BCUT2D eigenvalue weighted by Gasteiger charge is -2.39. The molecule has 1 N–H and O–H groups in total. The fraction of sp³-hybridized carbons (Fsp3) is 0.688. The van der Waals surface area contributed by atoms with Crippen molar-refractivity contribution in [3.05, 3.63) is 18.0 Å². The molecule has 3 rings (SSSR count). The van der Waals surface area contributed by atoms with Crippen molar-refractivity contribution in [3.63, 3.8) is 0 Å². The van der Waals surface area contributed by atoms with Gasteiger partial charge in [-0.05, 0) is 40.2 Å². The van der Waals surface area contributed by atoms with Gasteiger partial charge in [0.05, 0.1) is 5.69 Å². The molecule has 2 aliphatic heterocycles. The first-order chi connectivity index (χ1) is 10.9. The summed E-state index contributed by atoms with van der Waals surface area (Å²) in [5, 5.41) is 6.89. The van der Waals surface area contributed by atoms with Gasteiger partial charge in [-0.25, -0.2) is 4.79 Å². The largest absolute Gasteiger partial charge is 0.364 e. The Kier molecular flexibility index (Phi) is 4.14. The second-order valence-electron chi connectivity index (χ2n) is 6.97. The van der Waals surface area contributed by atoms with Crippen LogP contribution in [-0.4, -0.2) is 51.6 Å². The number of nitrogens with zero attached hydrogens (tertiary/aromatic N) is 3. The van der Waals surface area contributed by atoms with Crippen LogP contribution in [0.1, 0.15) is 39.3 Å². The second-order valence-corrected chi connectivity index (χ2v) is 6.97. The summed E-state index contributed by atoms with van der Waals surface area (Å²) in [7, 11) is 0. The molecule has 126 valence electrons. The molecule has 0 aliphatic carbocycles. The molecule has 1 aromatic heterocycles. The number of aromatic nitrogens is 1. The standard InChI is InChI=1S/C16H24N4O3/c1-11(2)20-14(21)16(3,17-15(20)22)12-5-4-7-19(9-12)10-13-6-8-23-18-13/h6,8,11-12H,4-5,7,9-10H2,1-3H3,(H,17,22)/t12-,16+/m0/s1. The first-order valence-corrected chi connectivity index (χ1v) is 8.19. The Bertz CT molecular complexity index is 586. The van der Waals surface area contributed by atoms with Crippen LogP contribution < -0.4 is 5.32 Å². The Morgan fingerprint density at radius 1 is 1.48 bits per heavy atom. The van der Waals surface area contributed by atoms with E-state index in [4.69, 9.17) is 4.52 Å². The first-order valence-electron chi connectivity index (χ1n) is 8.19. The normalized spacial score (nSPS) is 29.4. The molecule has 0 radical (unpaired) electrons. The molecule has 0 spiro atoms. The Balaban J connectivity index is 1.73. The van der Waals surface area contributed by atoms with Crippen molar-refractivity contribution in [2.75, 3.05) is 13.1 Å². The Morgan fingerprint density at radius 3 is 2.87 bits per heavy atom. The van der Waals surface area contributed by atoms with Crippen molar-refractivity contribution in [2.24, 2.45) is 5.92 Å². The summed E-state index contributed by atoms with van der Waals surface area (Å²) in [6, 6.07) is 1.45. The molecule has 2 saturated heterocycles. The highest BCUT2D eigenvalue weighted by Crippen LogP contribution is 2.33. The van der Waals surface area contributed by atoms with E-state index in [1.807, 2.05) is 26.8 Å². The highest BCUT2D eigenvalue weighted by molar-refractivity contribution is 6.07. The van der Waals surface area contributed by atoms with Gasteiger partial charge in [-0.2, -0.15) is 0 Å². The summed E-state index contributed by atoms with van der Waals surface area (Å²) in [5.41, 5.74) is 0.0746. The van der Waals surface area contributed by atoms with Crippen LogP contribution >= 0.6 is 0 Å². The van der Waals surface area contributed by atoms with Crippen LogP contribution in [0.25, 0.3) is 0 Å². The van der Waals surface area contributed by atoms with Crippen LogP contribution in [-0.2, 0) is 11.3 Å². The number of carbonyl (C=O) groups excluding carboxylic acids is 2. The van der Waals surface area contributed by atoms with Crippen LogP contribution in [0.4, 0.5) is 4.79 Å². The molecule has 0 bridgehead atoms. The fourth-order valence-electron chi connectivity index (χ4n) is 3.64. The third kappa shape index (κ3) is 2.85. The number of rotatable bonds is 4. The van der Waals surface area contributed by atoms with E-state index in [1.54, 1.807) is 6.26 Å². The Labute approximate surface area is 136 Å². The van der Waals surface area contributed by atoms with Crippen molar-refractivity contribution in [1.82, 2.24) is 20.3 Å². The van der Waals surface area contributed by atoms with Crippen molar-refractivity contribution < 1.29 is 14.1 Å². The van der Waals surface area contributed by atoms with Gasteiger partial charge in [0.25, 0.3) is 5.91 Å². The van der Waals surface area contributed by atoms with Gasteiger partial charge in [-0.1, -0.05) is 5.16 Å². The van der Waals surface area contributed by atoms with Gasteiger partial charge in [-0.3, -0.25) is 14.6 Å². The highest BCUT2D eigenvalue weighted by Gasteiger charge is 2.53. The van der Waals surface area contributed by atoms with Crippen molar-refractivity contribution >= 4 is 11.9 Å². The molecule has 2 atom stereocenters. The van der Waals surface area contributed by atoms with Gasteiger partial charge in [0, 0.05) is 31.1 Å². The van der Waals surface area contributed by atoms with Crippen LogP contribution in [0.15, 0.2) is 16.9 Å². The minimum Gasteiger partial charge on any atom is -0.364 e. The number of carbonyl (C=O) groups is 2. The fourth-order valence-corrected chi connectivity index (χ4v) is 3.64. The monoisotopic (exact) mass is 320 g/mol. The summed E-state index contributed by atoms with van der Waals surface area (Å²) in [6.07, 6.45) is 3.51. The molecule has 2 fully saturated rings. The number of hydrogen-bond donors (Lipinski definition) is 1. The zero-order valence-electron chi connectivity index (χ0n) is 13.9. The Morgan fingerprint density at radius 2 is 2.26 bits per heavy atom. The predicted octanol–water partition coefficient (Wildman–Crippen LogP) is 1.61. The van der Waals surface area contributed by atoms with E-state index in [2.05, 4.69) is 15.4 Å². The maximum absolute atomic E-state index is 12.8. The molecule has 1 aromatic rings. The average Bonchev–Trinajstić information content (AvgIpc) is 3.07. The summed E-state index contributed by atoms with van der Waals surface area (Å²) < 4.78 is 4.88. The molecule has 0 unspecified atom stereocenters. The van der Waals surface area contributed by atoms with E-state index < -0.39 is 5.54 Å². The van der Waals surface area contributed by atoms with Crippen LogP contribution in [0.5, 0.6) is 0 Å². The highest BCUT2D eigenvalue weighted by atomic mass is 16.5.